The van der Waals surface area contributed by atoms with Crippen molar-refractivity contribution in [2.45, 2.75) is 57.8 Å². The van der Waals surface area contributed by atoms with Crippen LogP contribution in [0.5, 0.6) is 0 Å². The van der Waals surface area contributed by atoms with Crippen molar-refractivity contribution in [3.05, 3.63) is 0 Å². The predicted molar refractivity (Wildman–Crippen MR) is 94.5 cm³/mol. The molecule has 2 N–H and O–H groups in total. The first-order valence-corrected chi connectivity index (χ1v) is 10.0. The number of nitrogens with zero attached hydrogens (tertiary/aromatic N) is 1. The number of amides is 2. The lowest BCUT2D eigenvalue weighted by atomic mass is 9.77. The van der Waals surface area contributed by atoms with Crippen molar-refractivity contribution >= 4 is 11.8 Å². The van der Waals surface area contributed by atoms with Gasteiger partial charge in [-0.05, 0) is 64.0 Å². The van der Waals surface area contributed by atoms with Gasteiger partial charge in [0, 0.05) is 31.5 Å². The Morgan fingerprint density at radius 2 is 1.71 bits per heavy atom. The maximum absolute atomic E-state index is 12.8. The molecular weight excluding hydrogens is 302 g/mol. The molecule has 3 atom stereocenters. The van der Waals surface area contributed by atoms with Crippen molar-refractivity contribution in [3.8, 4) is 0 Å². The van der Waals surface area contributed by atoms with Crippen LogP contribution in [0.4, 0.5) is 0 Å². The third-order valence-corrected chi connectivity index (χ3v) is 6.09. The number of likely N-dealkylation sites (tertiary alicyclic amines) is 1. The number of hydrogen-bond donors (Lipinski definition) is 2. The van der Waals surface area contributed by atoms with Gasteiger partial charge in [0.2, 0.25) is 11.8 Å². The third-order valence-electron chi connectivity index (χ3n) is 6.09. The van der Waals surface area contributed by atoms with Gasteiger partial charge < -0.3 is 15.5 Å². The molecule has 2 amide bonds. The van der Waals surface area contributed by atoms with Crippen LogP contribution in [0.2, 0.25) is 0 Å². The summed E-state index contributed by atoms with van der Waals surface area (Å²) < 4.78 is 0. The number of piperidine rings is 1. The Balaban J connectivity index is 1.48. The molecular formula is C19H33N3O2. The average molecular weight is 335 g/mol. The summed E-state index contributed by atoms with van der Waals surface area (Å²) in [5.74, 6) is 0.872. The van der Waals surface area contributed by atoms with Crippen LogP contribution < -0.4 is 10.6 Å². The molecule has 3 unspecified atom stereocenters. The highest BCUT2D eigenvalue weighted by Crippen LogP contribution is 2.32. The molecule has 2 aliphatic heterocycles. The van der Waals surface area contributed by atoms with Crippen molar-refractivity contribution in [2.24, 2.45) is 17.8 Å². The summed E-state index contributed by atoms with van der Waals surface area (Å²) in [6, 6.07) is 0. The van der Waals surface area contributed by atoms with E-state index in [-0.39, 0.29) is 23.7 Å². The minimum atomic E-state index is -0.101. The first-order valence-electron chi connectivity index (χ1n) is 10.0. The van der Waals surface area contributed by atoms with E-state index < -0.39 is 0 Å². The summed E-state index contributed by atoms with van der Waals surface area (Å²) in [5, 5.41) is 6.56. The molecule has 0 aromatic heterocycles. The van der Waals surface area contributed by atoms with E-state index in [0.717, 1.165) is 77.7 Å². The maximum Gasteiger partial charge on any atom is 0.226 e. The van der Waals surface area contributed by atoms with Crippen LogP contribution in [0.15, 0.2) is 0 Å². The standard InChI is InChI=1S/C19H33N3O2/c23-18(21-11-9-15-6-5-10-20-14-15)16-7-1-2-8-17(16)19(24)22-12-3-4-13-22/h15-17,20H,1-14H2,(H,21,23). The second-order valence-electron chi connectivity index (χ2n) is 7.82. The lowest BCUT2D eigenvalue weighted by Gasteiger charge is -2.32. The summed E-state index contributed by atoms with van der Waals surface area (Å²) in [4.78, 5) is 27.4. The van der Waals surface area contributed by atoms with Crippen molar-refractivity contribution < 1.29 is 9.59 Å². The van der Waals surface area contributed by atoms with E-state index >= 15 is 0 Å². The van der Waals surface area contributed by atoms with E-state index in [9.17, 15) is 9.59 Å². The molecule has 3 aliphatic rings. The Morgan fingerprint density at radius 1 is 0.958 bits per heavy atom. The van der Waals surface area contributed by atoms with Gasteiger partial charge in [-0.1, -0.05) is 12.8 Å². The van der Waals surface area contributed by atoms with E-state index in [0.29, 0.717) is 5.92 Å². The minimum absolute atomic E-state index is 0.0757. The van der Waals surface area contributed by atoms with Gasteiger partial charge in [0.25, 0.3) is 0 Å². The van der Waals surface area contributed by atoms with Gasteiger partial charge in [0.05, 0.1) is 0 Å². The molecule has 3 rings (SSSR count). The van der Waals surface area contributed by atoms with Crippen LogP contribution in [-0.4, -0.2) is 49.4 Å². The fraction of sp³-hybridized carbons (Fsp3) is 0.895. The molecule has 136 valence electrons. The molecule has 0 radical (unpaired) electrons. The number of carbonyl (C=O) groups is 2. The Bertz CT molecular complexity index is 428. The van der Waals surface area contributed by atoms with Gasteiger partial charge in [-0.15, -0.1) is 0 Å². The molecule has 5 nitrogen and oxygen atoms in total. The lowest BCUT2D eigenvalue weighted by Crippen LogP contribution is -2.45. The van der Waals surface area contributed by atoms with Gasteiger partial charge in [-0.2, -0.15) is 0 Å². The largest absolute Gasteiger partial charge is 0.356 e. The van der Waals surface area contributed by atoms with Crippen molar-refractivity contribution in [1.82, 2.24) is 15.5 Å². The van der Waals surface area contributed by atoms with E-state index in [1.165, 1.54) is 12.8 Å². The Labute approximate surface area is 145 Å². The van der Waals surface area contributed by atoms with Gasteiger partial charge in [-0.25, -0.2) is 0 Å². The molecule has 5 heteroatoms. The number of nitrogens with one attached hydrogen (secondary N) is 2. The van der Waals surface area contributed by atoms with Crippen LogP contribution >= 0.6 is 0 Å². The van der Waals surface area contributed by atoms with E-state index in [1.807, 2.05) is 4.90 Å². The van der Waals surface area contributed by atoms with Crippen LogP contribution in [0, 0.1) is 17.8 Å². The zero-order valence-corrected chi connectivity index (χ0v) is 14.9. The first kappa shape index (κ1) is 17.7. The monoisotopic (exact) mass is 335 g/mol. The molecule has 24 heavy (non-hydrogen) atoms. The molecule has 0 aromatic carbocycles. The quantitative estimate of drug-likeness (QED) is 0.807. The second kappa shape index (κ2) is 8.84. The van der Waals surface area contributed by atoms with Gasteiger partial charge >= 0.3 is 0 Å². The Kier molecular flexibility index (Phi) is 6.52. The SMILES string of the molecule is O=C(NCCC1CCCNC1)C1CCCCC1C(=O)N1CCCC1. The van der Waals surface area contributed by atoms with Crippen molar-refractivity contribution in [1.29, 1.82) is 0 Å². The maximum atomic E-state index is 12.8. The highest BCUT2D eigenvalue weighted by atomic mass is 16.2. The molecule has 1 saturated carbocycles. The zero-order chi connectivity index (χ0) is 16.8. The van der Waals surface area contributed by atoms with Gasteiger partial charge in [-0.3, -0.25) is 9.59 Å². The number of rotatable bonds is 5. The van der Waals surface area contributed by atoms with E-state index in [4.69, 9.17) is 0 Å². The molecule has 0 aromatic rings. The molecule has 2 saturated heterocycles. The highest BCUT2D eigenvalue weighted by Gasteiger charge is 2.38. The third kappa shape index (κ3) is 4.50. The van der Waals surface area contributed by atoms with Crippen molar-refractivity contribution in [2.75, 3.05) is 32.7 Å². The molecule has 0 bridgehead atoms. The minimum Gasteiger partial charge on any atom is -0.356 e. The lowest BCUT2D eigenvalue weighted by molar-refractivity contribution is -0.142. The summed E-state index contributed by atoms with van der Waals surface area (Å²) in [7, 11) is 0. The van der Waals surface area contributed by atoms with E-state index in [2.05, 4.69) is 10.6 Å². The van der Waals surface area contributed by atoms with Gasteiger partial charge in [0.1, 0.15) is 0 Å². The summed E-state index contributed by atoms with van der Waals surface area (Å²) >= 11 is 0. The summed E-state index contributed by atoms with van der Waals surface area (Å²) in [6.07, 6.45) is 9.72. The topological polar surface area (TPSA) is 61.4 Å². The average Bonchev–Trinajstić information content (AvgIpc) is 3.16. The van der Waals surface area contributed by atoms with Crippen LogP contribution in [0.3, 0.4) is 0 Å². The van der Waals surface area contributed by atoms with Crippen LogP contribution in [-0.2, 0) is 9.59 Å². The van der Waals surface area contributed by atoms with Crippen LogP contribution in [0.25, 0.3) is 0 Å². The smallest absolute Gasteiger partial charge is 0.226 e. The Hall–Kier alpha value is -1.10. The number of hydrogen-bond acceptors (Lipinski definition) is 3. The number of carbonyl (C=O) groups excluding carboxylic acids is 2. The highest BCUT2D eigenvalue weighted by molar-refractivity contribution is 5.88. The predicted octanol–water partition coefficient (Wildman–Crippen LogP) is 1.92. The second-order valence-corrected chi connectivity index (χ2v) is 7.82. The van der Waals surface area contributed by atoms with Gasteiger partial charge in [0.15, 0.2) is 0 Å². The summed E-state index contributed by atoms with van der Waals surface area (Å²) in [5.41, 5.74) is 0. The first-order chi connectivity index (χ1) is 11.8. The molecule has 0 spiro atoms. The summed E-state index contributed by atoms with van der Waals surface area (Å²) in [6.45, 7) is 4.74. The van der Waals surface area contributed by atoms with Crippen LogP contribution in [0.1, 0.15) is 57.8 Å². The van der Waals surface area contributed by atoms with Crippen molar-refractivity contribution in [3.63, 3.8) is 0 Å². The normalized spacial score (nSPS) is 31.0. The molecule has 3 fully saturated rings. The molecule has 1 aliphatic carbocycles. The fourth-order valence-electron chi connectivity index (χ4n) is 4.61. The fourth-order valence-corrected chi connectivity index (χ4v) is 4.61. The zero-order valence-electron chi connectivity index (χ0n) is 14.9. The van der Waals surface area contributed by atoms with E-state index in [1.54, 1.807) is 0 Å². The Morgan fingerprint density at radius 3 is 2.42 bits per heavy atom. The molecule has 2 heterocycles.